The summed E-state index contributed by atoms with van der Waals surface area (Å²) in [7, 11) is 0. The fourth-order valence-electron chi connectivity index (χ4n) is 1.51. The maximum atomic E-state index is 11.8. The van der Waals surface area contributed by atoms with Crippen LogP contribution in [0.3, 0.4) is 0 Å². The molecule has 0 atom stereocenters. The van der Waals surface area contributed by atoms with Gasteiger partial charge in [0.15, 0.2) is 0 Å². The van der Waals surface area contributed by atoms with Crippen LogP contribution in [0.4, 0.5) is 0 Å². The van der Waals surface area contributed by atoms with Gasteiger partial charge >= 0.3 is 0 Å². The fraction of sp³-hybridized carbons (Fsp3) is 0.0667. The van der Waals surface area contributed by atoms with E-state index in [1.54, 1.807) is 30.5 Å². The van der Waals surface area contributed by atoms with Crippen LogP contribution in [0.5, 0.6) is 0 Å². The van der Waals surface area contributed by atoms with Crippen molar-refractivity contribution >= 4 is 23.7 Å². The number of nitrogens with zero attached hydrogens (tertiary/aromatic N) is 1. The van der Waals surface area contributed by atoms with E-state index in [9.17, 15) is 4.79 Å². The number of rotatable bonds is 3. The zero-order valence-corrected chi connectivity index (χ0v) is 11.2. The quantitative estimate of drug-likeness (QED) is 0.675. The Hall–Kier alpha value is -2.13. The minimum Gasteiger partial charge on any atom is -0.267 e. The predicted octanol–water partition coefficient (Wildman–Crippen LogP) is 3.41. The van der Waals surface area contributed by atoms with Crippen molar-refractivity contribution in [1.29, 1.82) is 0 Å². The number of hydrogen-bond acceptors (Lipinski definition) is 2. The van der Waals surface area contributed by atoms with Gasteiger partial charge in [-0.25, -0.2) is 5.43 Å². The minimum absolute atomic E-state index is 0.286. The highest BCUT2D eigenvalue weighted by Gasteiger charge is 2.03. The van der Waals surface area contributed by atoms with Gasteiger partial charge in [0.1, 0.15) is 0 Å². The molecule has 0 aliphatic rings. The molecule has 0 heterocycles. The number of carbonyl (C=O) groups is 1. The number of nitrogens with one attached hydrogen (secondary N) is 1. The lowest BCUT2D eigenvalue weighted by Crippen LogP contribution is -2.17. The zero-order valence-electron chi connectivity index (χ0n) is 10.4. The minimum atomic E-state index is -0.286. The van der Waals surface area contributed by atoms with E-state index >= 15 is 0 Å². The highest BCUT2D eigenvalue weighted by atomic mass is 35.5. The molecule has 0 aliphatic carbocycles. The molecule has 0 unspecified atom stereocenters. The van der Waals surface area contributed by atoms with Crippen LogP contribution in [0.25, 0.3) is 0 Å². The molecule has 0 saturated heterocycles. The third kappa shape index (κ3) is 3.93. The summed E-state index contributed by atoms with van der Waals surface area (Å²) in [5.74, 6) is -0.286. The molecule has 0 fully saturated rings. The van der Waals surface area contributed by atoms with Crippen molar-refractivity contribution in [2.24, 2.45) is 5.10 Å². The Morgan fingerprint density at radius 2 is 1.95 bits per heavy atom. The summed E-state index contributed by atoms with van der Waals surface area (Å²) >= 11 is 5.82. The molecule has 96 valence electrons. The lowest BCUT2D eigenvalue weighted by Gasteiger charge is -2.00. The Labute approximate surface area is 116 Å². The first-order chi connectivity index (χ1) is 9.15. The van der Waals surface area contributed by atoms with Crippen molar-refractivity contribution in [3.05, 3.63) is 70.2 Å². The van der Waals surface area contributed by atoms with Crippen LogP contribution >= 0.6 is 11.6 Å². The lowest BCUT2D eigenvalue weighted by molar-refractivity contribution is 0.0955. The third-order valence-electron chi connectivity index (χ3n) is 2.54. The van der Waals surface area contributed by atoms with E-state index in [2.05, 4.69) is 10.5 Å². The van der Waals surface area contributed by atoms with Crippen molar-refractivity contribution in [1.82, 2.24) is 5.43 Å². The van der Waals surface area contributed by atoms with E-state index in [4.69, 9.17) is 11.6 Å². The first-order valence-electron chi connectivity index (χ1n) is 5.81. The molecule has 0 aliphatic heterocycles. The zero-order chi connectivity index (χ0) is 13.7. The average molecular weight is 273 g/mol. The number of benzene rings is 2. The molecule has 3 nitrogen and oxygen atoms in total. The van der Waals surface area contributed by atoms with Crippen LogP contribution in [0.1, 0.15) is 21.5 Å². The van der Waals surface area contributed by atoms with E-state index < -0.39 is 0 Å². The Kier molecular flexibility index (Phi) is 4.31. The van der Waals surface area contributed by atoms with Crippen LogP contribution < -0.4 is 5.43 Å². The van der Waals surface area contributed by atoms with Crippen LogP contribution in [0.15, 0.2) is 53.6 Å². The number of carbonyl (C=O) groups excluding carboxylic acids is 1. The largest absolute Gasteiger partial charge is 0.271 e. The third-order valence-corrected chi connectivity index (χ3v) is 2.78. The molecule has 1 amide bonds. The maximum Gasteiger partial charge on any atom is 0.271 e. The SMILES string of the molecule is Cc1ccc(/C=N\NC(=O)c2cccc(Cl)c2)cc1. The molecule has 0 aromatic heterocycles. The van der Waals surface area contributed by atoms with Gasteiger partial charge in [-0.15, -0.1) is 0 Å². The molecule has 1 N–H and O–H groups in total. The summed E-state index contributed by atoms with van der Waals surface area (Å²) in [6.07, 6.45) is 1.60. The summed E-state index contributed by atoms with van der Waals surface area (Å²) in [6.45, 7) is 2.02. The number of hydrazone groups is 1. The average Bonchev–Trinajstić information content (AvgIpc) is 2.41. The van der Waals surface area contributed by atoms with Crippen LogP contribution in [0, 0.1) is 6.92 Å². The Bertz CT molecular complexity index is 606. The van der Waals surface area contributed by atoms with E-state index in [1.165, 1.54) is 5.56 Å². The van der Waals surface area contributed by atoms with Crippen LogP contribution in [-0.2, 0) is 0 Å². The van der Waals surface area contributed by atoms with Crippen LogP contribution in [-0.4, -0.2) is 12.1 Å². The molecule has 2 rings (SSSR count). The van der Waals surface area contributed by atoms with Crippen molar-refractivity contribution in [3.8, 4) is 0 Å². The fourth-order valence-corrected chi connectivity index (χ4v) is 1.70. The topological polar surface area (TPSA) is 41.5 Å². The normalized spacial score (nSPS) is 10.6. The molecule has 0 spiro atoms. The van der Waals surface area contributed by atoms with Gasteiger partial charge in [-0.2, -0.15) is 5.10 Å². The highest BCUT2D eigenvalue weighted by molar-refractivity contribution is 6.30. The van der Waals surface area contributed by atoms with Gasteiger partial charge in [0.05, 0.1) is 6.21 Å². The van der Waals surface area contributed by atoms with Gasteiger partial charge in [0, 0.05) is 10.6 Å². The van der Waals surface area contributed by atoms with Gasteiger partial charge in [-0.1, -0.05) is 47.5 Å². The van der Waals surface area contributed by atoms with E-state index in [0.717, 1.165) is 5.56 Å². The molecule has 2 aromatic carbocycles. The summed E-state index contributed by atoms with van der Waals surface area (Å²) in [4.78, 5) is 11.8. The van der Waals surface area contributed by atoms with Crippen molar-refractivity contribution < 1.29 is 4.79 Å². The molecule has 0 radical (unpaired) electrons. The lowest BCUT2D eigenvalue weighted by atomic mass is 10.2. The first kappa shape index (κ1) is 13.3. The monoisotopic (exact) mass is 272 g/mol. The van der Waals surface area contributed by atoms with E-state index in [-0.39, 0.29) is 5.91 Å². The predicted molar refractivity (Wildman–Crippen MR) is 77.7 cm³/mol. The number of halogens is 1. The molecule has 4 heteroatoms. The maximum absolute atomic E-state index is 11.8. The summed E-state index contributed by atoms with van der Waals surface area (Å²) in [6, 6.07) is 14.6. The molecule has 0 saturated carbocycles. The molecule has 2 aromatic rings. The van der Waals surface area contributed by atoms with Gasteiger partial charge in [-0.3, -0.25) is 4.79 Å². The van der Waals surface area contributed by atoms with E-state index in [1.807, 2.05) is 31.2 Å². The van der Waals surface area contributed by atoms with Crippen molar-refractivity contribution in [2.75, 3.05) is 0 Å². The Morgan fingerprint density at radius 3 is 2.63 bits per heavy atom. The Morgan fingerprint density at radius 1 is 1.21 bits per heavy atom. The van der Waals surface area contributed by atoms with Gasteiger partial charge in [0.25, 0.3) is 5.91 Å². The van der Waals surface area contributed by atoms with Gasteiger partial charge < -0.3 is 0 Å². The Balaban J connectivity index is 1.98. The number of hydrogen-bond donors (Lipinski definition) is 1. The second-order valence-electron chi connectivity index (χ2n) is 4.12. The first-order valence-corrected chi connectivity index (χ1v) is 6.18. The number of amides is 1. The van der Waals surface area contributed by atoms with Gasteiger partial charge in [-0.05, 0) is 30.7 Å². The summed E-state index contributed by atoms with van der Waals surface area (Å²) < 4.78 is 0. The smallest absolute Gasteiger partial charge is 0.267 e. The van der Waals surface area contributed by atoms with Crippen molar-refractivity contribution in [3.63, 3.8) is 0 Å². The second-order valence-corrected chi connectivity index (χ2v) is 4.56. The molecular formula is C15H13ClN2O. The molecule has 0 bridgehead atoms. The molecular weight excluding hydrogens is 260 g/mol. The summed E-state index contributed by atoms with van der Waals surface area (Å²) in [5.41, 5.74) is 5.05. The van der Waals surface area contributed by atoms with Crippen LogP contribution in [0.2, 0.25) is 5.02 Å². The van der Waals surface area contributed by atoms with Gasteiger partial charge in [0.2, 0.25) is 0 Å². The molecule has 19 heavy (non-hydrogen) atoms. The van der Waals surface area contributed by atoms with E-state index in [0.29, 0.717) is 10.6 Å². The van der Waals surface area contributed by atoms with Crippen molar-refractivity contribution in [2.45, 2.75) is 6.92 Å². The second kappa shape index (κ2) is 6.16. The highest BCUT2D eigenvalue weighted by Crippen LogP contribution is 2.10. The summed E-state index contributed by atoms with van der Waals surface area (Å²) in [5, 5.41) is 4.43. The number of aryl methyl sites for hydroxylation is 1. The standard InChI is InChI=1S/C15H13ClN2O/c1-11-5-7-12(8-6-11)10-17-18-15(19)13-3-2-4-14(16)9-13/h2-10H,1H3,(H,18,19)/b17-10-.